The lowest BCUT2D eigenvalue weighted by atomic mass is 10.1. The smallest absolute Gasteiger partial charge is 0.257 e. The highest BCUT2D eigenvalue weighted by molar-refractivity contribution is 5.97. The fourth-order valence-corrected chi connectivity index (χ4v) is 3.59. The quantitative estimate of drug-likeness (QED) is 0.592. The van der Waals surface area contributed by atoms with Crippen molar-refractivity contribution >= 4 is 5.91 Å². The molecule has 4 heterocycles. The number of carbonyl (C=O) groups is 1. The van der Waals surface area contributed by atoms with Crippen molar-refractivity contribution < 1.29 is 19.0 Å². The molecule has 0 aliphatic carbocycles. The third-order valence-corrected chi connectivity index (χ3v) is 5.11. The number of methoxy groups -OCH3 is 2. The van der Waals surface area contributed by atoms with Crippen molar-refractivity contribution in [2.75, 3.05) is 27.3 Å². The van der Waals surface area contributed by atoms with Crippen molar-refractivity contribution in [1.82, 2.24) is 29.9 Å². The van der Waals surface area contributed by atoms with Crippen LogP contribution in [0.15, 0.2) is 36.8 Å². The molecule has 162 valence electrons. The lowest BCUT2D eigenvalue weighted by molar-refractivity contribution is 0.0520. The Balaban J connectivity index is 1.56. The van der Waals surface area contributed by atoms with Gasteiger partial charge in [-0.25, -0.2) is 4.98 Å². The van der Waals surface area contributed by atoms with E-state index in [-0.39, 0.29) is 12.0 Å². The van der Waals surface area contributed by atoms with Crippen LogP contribution in [0.1, 0.15) is 28.8 Å². The first-order chi connectivity index (χ1) is 15.1. The van der Waals surface area contributed by atoms with Crippen LogP contribution in [-0.4, -0.2) is 69.2 Å². The highest BCUT2D eigenvalue weighted by atomic mass is 16.5. The minimum atomic E-state index is -0.196. The normalized spacial score (nSPS) is 16.1. The number of nitrogens with zero attached hydrogens (tertiary/aromatic N) is 6. The molecule has 3 aromatic heterocycles. The maximum Gasteiger partial charge on any atom is 0.257 e. The second-order valence-corrected chi connectivity index (χ2v) is 7.14. The van der Waals surface area contributed by atoms with Crippen LogP contribution in [0.4, 0.5) is 0 Å². The van der Waals surface area contributed by atoms with Crippen LogP contribution in [0, 0.1) is 6.92 Å². The van der Waals surface area contributed by atoms with Crippen molar-refractivity contribution in [2.24, 2.45) is 0 Å². The van der Waals surface area contributed by atoms with Gasteiger partial charge in [0.05, 0.1) is 38.7 Å². The number of likely N-dealkylation sites (tertiary alicyclic amines) is 1. The standard InChI is InChI=1S/C21H24N6O4/c1-14-8-9-22-20(18(14)30-3)31-15-5-4-12-26(13-15)21(28)16-6-7-17(29-2)25-19(16)27-23-10-11-24-27/h6-11,15H,4-5,12-13H2,1-3H3/t15-/m1/s1. The summed E-state index contributed by atoms with van der Waals surface area (Å²) in [6.45, 7) is 2.98. The molecule has 0 radical (unpaired) electrons. The lowest BCUT2D eigenvalue weighted by Gasteiger charge is -2.33. The Morgan fingerprint density at radius 2 is 1.90 bits per heavy atom. The first kappa shape index (κ1) is 20.6. The summed E-state index contributed by atoms with van der Waals surface area (Å²) < 4.78 is 16.8. The maximum atomic E-state index is 13.4. The summed E-state index contributed by atoms with van der Waals surface area (Å²) in [6, 6.07) is 5.20. The van der Waals surface area contributed by atoms with E-state index >= 15 is 0 Å². The Kier molecular flexibility index (Phi) is 5.96. The number of aromatic nitrogens is 5. The van der Waals surface area contributed by atoms with Gasteiger partial charge in [0.2, 0.25) is 5.88 Å². The van der Waals surface area contributed by atoms with E-state index in [1.54, 1.807) is 30.3 Å². The van der Waals surface area contributed by atoms with Crippen molar-refractivity contribution in [3.63, 3.8) is 0 Å². The van der Waals surface area contributed by atoms with Gasteiger partial charge in [-0.3, -0.25) is 4.79 Å². The maximum absolute atomic E-state index is 13.4. The molecule has 0 saturated carbocycles. The van der Waals surface area contributed by atoms with Gasteiger partial charge in [-0.1, -0.05) is 0 Å². The third-order valence-electron chi connectivity index (χ3n) is 5.11. The second-order valence-electron chi connectivity index (χ2n) is 7.14. The summed E-state index contributed by atoms with van der Waals surface area (Å²) in [7, 11) is 3.11. The molecule has 0 spiro atoms. The molecule has 1 amide bonds. The van der Waals surface area contributed by atoms with Crippen LogP contribution >= 0.6 is 0 Å². The summed E-state index contributed by atoms with van der Waals surface area (Å²) >= 11 is 0. The lowest BCUT2D eigenvalue weighted by Crippen LogP contribution is -2.44. The van der Waals surface area contributed by atoms with Crippen molar-refractivity contribution in [3.05, 3.63) is 47.9 Å². The molecule has 4 rings (SSSR count). The van der Waals surface area contributed by atoms with Gasteiger partial charge in [-0.05, 0) is 37.5 Å². The molecule has 10 nitrogen and oxygen atoms in total. The summed E-state index contributed by atoms with van der Waals surface area (Å²) in [4.78, 5) is 25.1. The average Bonchev–Trinajstić information content (AvgIpc) is 3.33. The largest absolute Gasteiger partial charge is 0.491 e. The minimum Gasteiger partial charge on any atom is -0.491 e. The Bertz CT molecular complexity index is 1060. The molecule has 0 aromatic carbocycles. The fourth-order valence-electron chi connectivity index (χ4n) is 3.59. The highest BCUT2D eigenvalue weighted by Gasteiger charge is 2.29. The first-order valence-electron chi connectivity index (χ1n) is 9.98. The number of hydrogen-bond acceptors (Lipinski definition) is 8. The summed E-state index contributed by atoms with van der Waals surface area (Å²) in [6.07, 6.45) is 6.18. The molecular formula is C21H24N6O4. The summed E-state index contributed by atoms with van der Waals surface area (Å²) in [5.74, 6) is 1.58. The Hall–Kier alpha value is -3.69. The minimum absolute atomic E-state index is 0.167. The van der Waals surface area contributed by atoms with Gasteiger partial charge < -0.3 is 19.1 Å². The SMILES string of the molecule is COc1ccc(C(=O)N2CCC[C@@H](Oc3nccc(C)c3OC)C2)c(-n2nccn2)n1. The topological polar surface area (TPSA) is 104 Å². The van der Waals surface area contributed by atoms with Gasteiger partial charge in [-0.15, -0.1) is 4.80 Å². The van der Waals surface area contributed by atoms with E-state index in [0.717, 1.165) is 18.4 Å². The number of amides is 1. The zero-order valence-electron chi connectivity index (χ0n) is 17.7. The number of piperidine rings is 1. The zero-order valence-corrected chi connectivity index (χ0v) is 17.7. The van der Waals surface area contributed by atoms with E-state index in [4.69, 9.17) is 14.2 Å². The van der Waals surface area contributed by atoms with E-state index in [1.165, 1.54) is 24.3 Å². The van der Waals surface area contributed by atoms with Crippen molar-refractivity contribution in [1.29, 1.82) is 0 Å². The molecule has 1 aliphatic rings. The third kappa shape index (κ3) is 4.27. The Morgan fingerprint density at radius 3 is 2.65 bits per heavy atom. The number of rotatable bonds is 6. The van der Waals surface area contributed by atoms with Gasteiger partial charge in [-0.2, -0.15) is 15.2 Å². The number of carbonyl (C=O) groups excluding carboxylic acids is 1. The number of aryl methyl sites for hydroxylation is 1. The van der Waals surface area contributed by atoms with Crippen molar-refractivity contribution in [3.8, 4) is 23.3 Å². The predicted octanol–water partition coefficient (Wildman–Crippen LogP) is 2.07. The average molecular weight is 424 g/mol. The monoisotopic (exact) mass is 424 g/mol. The van der Waals surface area contributed by atoms with Gasteiger partial charge >= 0.3 is 0 Å². The van der Waals surface area contributed by atoms with E-state index in [0.29, 0.717) is 42.0 Å². The van der Waals surface area contributed by atoms with Crippen LogP contribution in [0.3, 0.4) is 0 Å². The Labute approximate surface area is 179 Å². The zero-order chi connectivity index (χ0) is 21.8. The molecule has 1 fully saturated rings. The number of hydrogen-bond donors (Lipinski definition) is 0. The van der Waals surface area contributed by atoms with E-state index in [9.17, 15) is 4.79 Å². The van der Waals surface area contributed by atoms with Gasteiger partial charge in [0, 0.05) is 18.8 Å². The molecule has 1 aliphatic heterocycles. The Morgan fingerprint density at radius 1 is 1.10 bits per heavy atom. The summed E-state index contributed by atoms with van der Waals surface area (Å²) in [5, 5.41) is 8.24. The summed E-state index contributed by atoms with van der Waals surface area (Å²) in [5.41, 5.74) is 1.33. The number of ether oxygens (including phenoxy) is 3. The highest BCUT2D eigenvalue weighted by Crippen LogP contribution is 2.30. The van der Waals surface area contributed by atoms with Crippen LogP contribution in [-0.2, 0) is 0 Å². The molecule has 31 heavy (non-hydrogen) atoms. The van der Waals surface area contributed by atoms with Crippen molar-refractivity contribution in [2.45, 2.75) is 25.9 Å². The van der Waals surface area contributed by atoms with Gasteiger partial charge in [0.15, 0.2) is 11.6 Å². The molecule has 1 atom stereocenters. The molecule has 10 heteroatoms. The molecular weight excluding hydrogens is 400 g/mol. The first-order valence-corrected chi connectivity index (χ1v) is 9.98. The molecule has 0 bridgehead atoms. The van der Waals surface area contributed by atoms with E-state index < -0.39 is 0 Å². The van der Waals surface area contributed by atoms with Crippen LogP contribution < -0.4 is 14.2 Å². The molecule has 3 aromatic rings. The van der Waals surface area contributed by atoms with Crippen LogP contribution in [0.5, 0.6) is 17.5 Å². The fraction of sp³-hybridized carbons (Fsp3) is 0.381. The van der Waals surface area contributed by atoms with Gasteiger partial charge in [0.25, 0.3) is 11.8 Å². The molecule has 0 unspecified atom stereocenters. The molecule has 0 N–H and O–H groups in total. The number of pyridine rings is 2. The predicted molar refractivity (Wildman–Crippen MR) is 111 cm³/mol. The van der Waals surface area contributed by atoms with E-state index in [2.05, 4.69) is 20.2 Å². The van der Waals surface area contributed by atoms with E-state index in [1.807, 2.05) is 13.0 Å². The van der Waals surface area contributed by atoms with Crippen LogP contribution in [0.2, 0.25) is 0 Å². The second kappa shape index (κ2) is 8.99. The van der Waals surface area contributed by atoms with Gasteiger partial charge in [0.1, 0.15) is 6.10 Å². The molecule has 1 saturated heterocycles. The van der Waals surface area contributed by atoms with Crippen LogP contribution in [0.25, 0.3) is 5.82 Å².